The van der Waals surface area contributed by atoms with Gasteiger partial charge in [0.15, 0.2) is 0 Å². The molecule has 0 radical (unpaired) electrons. The van der Waals surface area contributed by atoms with Gasteiger partial charge < -0.3 is 15.4 Å². The molecule has 2 aliphatic rings. The number of pyridine rings is 1. The molecule has 0 aliphatic carbocycles. The second-order valence-corrected chi connectivity index (χ2v) is 9.60. The van der Waals surface area contributed by atoms with Crippen LogP contribution in [0.25, 0.3) is 0 Å². The molecule has 3 heterocycles. The summed E-state index contributed by atoms with van der Waals surface area (Å²) < 4.78 is 5.79. The molecule has 3 atom stereocenters. The van der Waals surface area contributed by atoms with Gasteiger partial charge in [0.25, 0.3) is 0 Å². The molecule has 2 N–H and O–H groups in total. The van der Waals surface area contributed by atoms with E-state index in [9.17, 15) is 9.59 Å². The van der Waals surface area contributed by atoms with Crippen LogP contribution in [0.3, 0.4) is 0 Å². The molecule has 2 aromatic carbocycles. The minimum absolute atomic E-state index is 0.0528. The van der Waals surface area contributed by atoms with Crippen LogP contribution < -0.4 is 15.4 Å². The maximum absolute atomic E-state index is 13.2. The Morgan fingerprint density at radius 3 is 2.64 bits per heavy atom. The van der Waals surface area contributed by atoms with Crippen LogP contribution in [0.1, 0.15) is 37.7 Å². The van der Waals surface area contributed by atoms with Crippen LogP contribution in [0.4, 0.5) is 5.69 Å². The summed E-state index contributed by atoms with van der Waals surface area (Å²) in [5.74, 6) is 1.41. The summed E-state index contributed by atoms with van der Waals surface area (Å²) in [6, 6.07) is 21.8. The van der Waals surface area contributed by atoms with Crippen LogP contribution in [0, 0.1) is 0 Å². The zero-order valence-corrected chi connectivity index (χ0v) is 20.3. The number of anilines is 1. The van der Waals surface area contributed by atoms with Crippen molar-refractivity contribution in [2.45, 2.75) is 56.7 Å². The van der Waals surface area contributed by atoms with E-state index >= 15 is 0 Å². The van der Waals surface area contributed by atoms with Gasteiger partial charge in [-0.15, -0.1) is 0 Å². The number of carbonyl (C=O) groups excluding carboxylic acids is 2. The Bertz CT molecular complexity index is 1150. The summed E-state index contributed by atoms with van der Waals surface area (Å²) in [4.78, 5) is 31.9. The molecule has 36 heavy (non-hydrogen) atoms. The maximum atomic E-state index is 13.2. The topological polar surface area (TPSA) is 83.6 Å². The number of amides is 2. The van der Waals surface area contributed by atoms with E-state index in [4.69, 9.17) is 4.74 Å². The van der Waals surface area contributed by atoms with E-state index in [1.807, 2.05) is 54.6 Å². The normalized spacial score (nSPS) is 22.1. The molecule has 2 fully saturated rings. The zero-order chi connectivity index (χ0) is 24.7. The number of nitrogens with one attached hydrogen (secondary N) is 2. The van der Waals surface area contributed by atoms with E-state index in [0.717, 1.165) is 37.8 Å². The number of aromatic nitrogens is 1. The summed E-state index contributed by atoms with van der Waals surface area (Å²) in [6.45, 7) is 0.294. The monoisotopic (exact) mass is 484 g/mol. The average Bonchev–Trinajstić information content (AvgIpc) is 3.17. The van der Waals surface area contributed by atoms with Crippen LogP contribution in [0.15, 0.2) is 79.1 Å². The van der Waals surface area contributed by atoms with Gasteiger partial charge in [0, 0.05) is 36.4 Å². The number of carbonyl (C=O) groups is 2. The number of ether oxygens (including phenoxy) is 1. The fourth-order valence-corrected chi connectivity index (χ4v) is 5.38. The molecule has 2 aliphatic heterocycles. The first-order chi connectivity index (χ1) is 17.6. The lowest BCUT2D eigenvalue weighted by atomic mass is 9.97. The Morgan fingerprint density at radius 1 is 1.03 bits per heavy atom. The number of nitrogens with zero attached hydrogens (tertiary/aromatic N) is 2. The van der Waals surface area contributed by atoms with Crippen LogP contribution in [-0.2, 0) is 16.0 Å². The van der Waals surface area contributed by atoms with Crippen LogP contribution in [0.2, 0.25) is 0 Å². The number of likely N-dealkylation sites (tertiary alicyclic amines) is 1. The van der Waals surface area contributed by atoms with E-state index in [2.05, 4.69) is 32.7 Å². The zero-order valence-electron chi connectivity index (χ0n) is 20.3. The Balaban J connectivity index is 1.26. The largest absolute Gasteiger partial charge is 0.456 e. The minimum atomic E-state index is -0.0528. The lowest BCUT2D eigenvalue weighted by Crippen LogP contribution is -2.48. The van der Waals surface area contributed by atoms with E-state index < -0.39 is 0 Å². The maximum Gasteiger partial charge on any atom is 0.238 e. The summed E-state index contributed by atoms with van der Waals surface area (Å²) in [5, 5.41) is 6.29. The van der Waals surface area contributed by atoms with Crippen LogP contribution in [-0.4, -0.2) is 46.4 Å². The van der Waals surface area contributed by atoms with E-state index in [1.54, 1.807) is 12.4 Å². The molecule has 3 aromatic rings. The highest BCUT2D eigenvalue weighted by molar-refractivity contribution is 5.92. The first-order valence-electron chi connectivity index (χ1n) is 12.7. The van der Waals surface area contributed by atoms with Crippen molar-refractivity contribution in [1.82, 2.24) is 15.2 Å². The van der Waals surface area contributed by atoms with Crippen molar-refractivity contribution in [2.75, 3.05) is 11.9 Å². The van der Waals surface area contributed by atoms with Crippen molar-refractivity contribution >= 4 is 17.5 Å². The Kier molecular flexibility index (Phi) is 7.57. The van der Waals surface area contributed by atoms with Crippen molar-refractivity contribution < 1.29 is 14.3 Å². The molecule has 0 spiro atoms. The Labute approximate surface area is 211 Å². The van der Waals surface area contributed by atoms with Gasteiger partial charge in [-0.3, -0.25) is 19.5 Å². The molecule has 186 valence electrons. The number of hydrogen-bond donors (Lipinski definition) is 2. The number of benzene rings is 2. The predicted octanol–water partition coefficient (Wildman–Crippen LogP) is 4.56. The number of rotatable bonds is 7. The van der Waals surface area contributed by atoms with Crippen molar-refractivity contribution in [1.29, 1.82) is 0 Å². The fourth-order valence-electron chi connectivity index (χ4n) is 5.38. The summed E-state index contributed by atoms with van der Waals surface area (Å²) in [7, 11) is 0. The third-order valence-corrected chi connectivity index (χ3v) is 7.03. The molecule has 2 saturated heterocycles. The van der Waals surface area contributed by atoms with E-state index in [1.165, 1.54) is 5.56 Å². The van der Waals surface area contributed by atoms with Gasteiger partial charge in [0.2, 0.25) is 11.8 Å². The molecule has 0 bridgehead atoms. The molecule has 5 rings (SSSR count). The molecular formula is C29H32N4O3. The Morgan fingerprint density at radius 2 is 1.86 bits per heavy atom. The van der Waals surface area contributed by atoms with Gasteiger partial charge in [0.1, 0.15) is 11.5 Å². The van der Waals surface area contributed by atoms with Crippen LogP contribution >= 0.6 is 0 Å². The first kappa shape index (κ1) is 24.0. The second kappa shape index (κ2) is 11.4. The molecule has 7 heteroatoms. The van der Waals surface area contributed by atoms with Gasteiger partial charge in [-0.05, 0) is 67.6 Å². The molecule has 2 amide bonds. The quantitative estimate of drug-likeness (QED) is 0.514. The predicted molar refractivity (Wildman–Crippen MR) is 139 cm³/mol. The molecule has 7 nitrogen and oxygen atoms in total. The van der Waals surface area contributed by atoms with Gasteiger partial charge in [-0.25, -0.2) is 0 Å². The third kappa shape index (κ3) is 6.10. The number of fused-ring (bicyclic) bond motifs is 1. The van der Waals surface area contributed by atoms with Crippen molar-refractivity contribution in [3.8, 4) is 11.5 Å². The van der Waals surface area contributed by atoms with Gasteiger partial charge in [-0.1, -0.05) is 36.8 Å². The highest BCUT2D eigenvalue weighted by Gasteiger charge is 2.42. The van der Waals surface area contributed by atoms with Gasteiger partial charge in [-0.2, -0.15) is 0 Å². The fraction of sp³-hybridized carbons (Fsp3) is 0.345. The lowest BCUT2D eigenvalue weighted by Gasteiger charge is -2.32. The summed E-state index contributed by atoms with van der Waals surface area (Å²) in [6.07, 6.45) is 8.55. The standard InChI is InChI=1S/C29H32N4O3/c34-28-11-5-4-10-27-26(32-28)18-23(17-21-7-2-1-3-8-21)33(27)20-29(35)31-22-12-14-24(15-13-22)36-25-9-6-16-30-19-25/h1-3,6-9,12-16,19,23,26-27H,4-5,10-11,17-18,20H2,(H,31,35)(H,32,34)/t23-,26-,27+/m1/s1. The summed E-state index contributed by atoms with van der Waals surface area (Å²) >= 11 is 0. The highest BCUT2D eigenvalue weighted by atomic mass is 16.5. The Hall–Kier alpha value is -3.71. The van der Waals surface area contributed by atoms with Crippen molar-refractivity contribution in [3.63, 3.8) is 0 Å². The molecule has 0 unspecified atom stereocenters. The smallest absolute Gasteiger partial charge is 0.238 e. The lowest BCUT2D eigenvalue weighted by molar-refractivity contribution is -0.122. The summed E-state index contributed by atoms with van der Waals surface area (Å²) in [5.41, 5.74) is 1.97. The molecular weight excluding hydrogens is 452 g/mol. The van der Waals surface area contributed by atoms with Crippen LogP contribution in [0.5, 0.6) is 11.5 Å². The molecule has 0 saturated carbocycles. The number of hydrogen-bond acceptors (Lipinski definition) is 5. The van der Waals surface area contributed by atoms with E-state index in [0.29, 0.717) is 24.5 Å². The average molecular weight is 485 g/mol. The SMILES string of the molecule is O=C(CN1[C@H](Cc2ccccc2)C[C@H]2NC(=O)CCCC[C@@H]21)Nc1ccc(Oc2cccnc2)cc1. The van der Waals surface area contributed by atoms with Crippen molar-refractivity contribution in [3.05, 3.63) is 84.7 Å². The molecule has 1 aromatic heterocycles. The third-order valence-electron chi connectivity index (χ3n) is 7.03. The van der Waals surface area contributed by atoms with E-state index in [-0.39, 0.29) is 29.9 Å². The van der Waals surface area contributed by atoms with Crippen molar-refractivity contribution in [2.24, 2.45) is 0 Å². The minimum Gasteiger partial charge on any atom is -0.456 e. The second-order valence-electron chi connectivity index (χ2n) is 9.60. The van der Waals surface area contributed by atoms with Gasteiger partial charge >= 0.3 is 0 Å². The first-order valence-corrected chi connectivity index (χ1v) is 12.7. The highest BCUT2D eigenvalue weighted by Crippen LogP contribution is 2.32. The van der Waals surface area contributed by atoms with Gasteiger partial charge in [0.05, 0.1) is 12.7 Å².